The number of halogens is 4. The third-order valence-electron chi connectivity index (χ3n) is 3.50. The Bertz CT molecular complexity index is 638. The van der Waals surface area contributed by atoms with Crippen molar-refractivity contribution in [2.24, 2.45) is 0 Å². The lowest BCUT2D eigenvalue weighted by Crippen LogP contribution is -2.62. The molecule has 23 heavy (non-hydrogen) atoms. The van der Waals surface area contributed by atoms with E-state index in [4.69, 9.17) is 5.11 Å². The number of hydrogen-bond acceptors (Lipinski definition) is 4. The van der Waals surface area contributed by atoms with E-state index >= 15 is 0 Å². The predicted octanol–water partition coefficient (Wildman–Crippen LogP) is 1.65. The molecule has 1 aromatic rings. The van der Waals surface area contributed by atoms with Crippen molar-refractivity contribution in [2.45, 2.75) is 11.8 Å². The van der Waals surface area contributed by atoms with Gasteiger partial charge in [0.25, 0.3) is 5.91 Å². The molecule has 0 aromatic heterocycles. The van der Waals surface area contributed by atoms with Crippen LogP contribution in [0.3, 0.4) is 0 Å². The maximum atomic E-state index is 13.6. The van der Waals surface area contributed by atoms with Crippen LogP contribution >= 0.6 is 0 Å². The summed E-state index contributed by atoms with van der Waals surface area (Å²) in [6.07, 6.45) is -4.86. The number of aliphatic hydroxyl groups excluding tert-OH is 1. The number of carbonyl (C=O) groups excluding carboxylic acids is 2. The van der Waals surface area contributed by atoms with Crippen molar-refractivity contribution in [1.29, 1.82) is 0 Å². The van der Waals surface area contributed by atoms with Crippen LogP contribution in [0.2, 0.25) is 0 Å². The van der Waals surface area contributed by atoms with Gasteiger partial charge in [0.15, 0.2) is 5.67 Å². The Balaban J connectivity index is 2.31. The molecule has 0 bridgehead atoms. The Labute approximate surface area is 128 Å². The monoisotopic (exact) mass is 335 g/mol. The molecule has 1 fully saturated rings. The molecule has 1 heterocycles. The second-order valence-corrected chi connectivity index (χ2v) is 5.22. The van der Waals surface area contributed by atoms with Crippen molar-refractivity contribution in [3.63, 3.8) is 0 Å². The number of hydrogen-bond donors (Lipinski definition) is 1. The van der Waals surface area contributed by atoms with Gasteiger partial charge in [0.05, 0.1) is 37.9 Å². The zero-order valence-corrected chi connectivity index (χ0v) is 12.0. The minimum atomic E-state index is -4.86. The summed E-state index contributed by atoms with van der Waals surface area (Å²) in [5.41, 5.74) is -4.27. The number of likely N-dealkylation sites (tertiary alicyclic amines) is 1. The molecular formula is C14H13F4NO4. The molecule has 1 aliphatic rings. The van der Waals surface area contributed by atoms with Crippen LogP contribution in [0.1, 0.15) is 26.3 Å². The summed E-state index contributed by atoms with van der Waals surface area (Å²) in [5.74, 6) is -1.99. The Hall–Kier alpha value is -2.16. The molecule has 0 spiro atoms. The molecule has 0 aliphatic carbocycles. The number of rotatable bonds is 3. The summed E-state index contributed by atoms with van der Waals surface area (Å²) in [6, 6.07) is 2.42. The third-order valence-corrected chi connectivity index (χ3v) is 3.50. The van der Waals surface area contributed by atoms with Crippen LogP contribution in [0.25, 0.3) is 0 Å². The minimum absolute atomic E-state index is 0.329. The number of benzene rings is 1. The number of aliphatic hydroxyl groups is 1. The van der Waals surface area contributed by atoms with Crippen LogP contribution in [-0.2, 0) is 10.9 Å². The standard InChI is InChI=1S/C14H13F4NO4/c1-23-12(22)9-3-2-8(4-10(9)14(16,17)18)11(21)19-5-13(15,6-19)7-20/h2-4,20H,5-7H2,1H3. The van der Waals surface area contributed by atoms with Gasteiger partial charge in [0, 0.05) is 5.56 Å². The number of amides is 1. The molecular weight excluding hydrogens is 322 g/mol. The van der Waals surface area contributed by atoms with Gasteiger partial charge < -0.3 is 14.7 Å². The second-order valence-electron chi connectivity index (χ2n) is 5.22. The van der Waals surface area contributed by atoms with Crippen LogP contribution in [0.15, 0.2) is 18.2 Å². The van der Waals surface area contributed by atoms with Crippen LogP contribution < -0.4 is 0 Å². The number of methoxy groups -OCH3 is 1. The molecule has 9 heteroatoms. The van der Waals surface area contributed by atoms with E-state index in [1.54, 1.807) is 0 Å². The minimum Gasteiger partial charge on any atom is -0.465 e. The lowest BCUT2D eigenvalue weighted by Gasteiger charge is -2.43. The molecule has 1 aliphatic heterocycles. The van der Waals surface area contributed by atoms with Gasteiger partial charge in [0.1, 0.15) is 0 Å². The summed E-state index contributed by atoms with van der Waals surface area (Å²) in [6.45, 7) is -1.57. The molecule has 0 radical (unpaired) electrons. The first-order valence-electron chi connectivity index (χ1n) is 6.50. The van der Waals surface area contributed by atoms with E-state index in [1.165, 1.54) is 0 Å². The maximum Gasteiger partial charge on any atom is 0.417 e. The van der Waals surface area contributed by atoms with Crippen molar-refractivity contribution in [3.8, 4) is 0 Å². The lowest BCUT2D eigenvalue weighted by molar-refractivity contribution is -0.138. The molecule has 1 aromatic carbocycles. The molecule has 1 saturated heterocycles. The average molecular weight is 335 g/mol. The zero-order chi connectivity index (χ0) is 17.4. The predicted molar refractivity (Wildman–Crippen MR) is 69.6 cm³/mol. The quantitative estimate of drug-likeness (QED) is 0.674. The topological polar surface area (TPSA) is 66.8 Å². The first kappa shape index (κ1) is 17.2. The summed E-state index contributed by atoms with van der Waals surface area (Å²) in [7, 11) is 0.942. The summed E-state index contributed by atoms with van der Waals surface area (Å²) >= 11 is 0. The van der Waals surface area contributed by atoms with Gasteiger partial charge in [0.2, 0.25) is 0 Å². The largest absolute Gasteiger partial charge is 0.465 e. The average Bonchev–Trinajstić information content (AvgIpc) is 2.48. The van der Waals surface area contributed by atoms with Gasteiger partial charge in [-0.2, -0.15) is 13.2 Å². The number of alkyl halides is 4. The molecule has 0 saturated carbocycles. The molecule has 2 rings (SSSR count). The van der Waals surface area contributed by atoms with Crippen LogP contribution in [0, 0.1) is 0 Å². The third kappa shape index (κ3) is 3.29. The lowest BCUT2D eigenvalue weighted by atomic mass is 9.95. The van der Waals surface area contributed by atoms with Gasteiger partial charge in [-0.1, -0.05) is 0 Å². The highest BCUT2D eigenvalue weighted by atomic mass is 19.4. The van der Waals surface area contributed by atoms with Crippen molar-refractivity contribution < 1.29 is 37.0 Å². The molecule has 0 atom stereocenters. The van der Waals surface area contributed by atoms with E-state index in [1.807, 2.05) is 0 Å². The number of nitrogens with zero attached hydrogens (tertiary/aromatic N) is 1. The summed E-state index contributed by atoms with van der Waals surface area (Å²) in [4.78, 5) is 24.4. The first-order chi connectivity index (χ1) is 10.6. The van der Waals surface area contributed by atoms with Gasteiger partial charge in [-0.05, 0) is 18.2 Å². The van der Waals surface area contributed by atoms with Crippen LogP contribution in [0.4, 0.5) is 17.6 Å². The fraction of sp³-hybridized carbons (Fsp3) is 0.429. The first-order valence-corrected chi connectivity index (χ1v) is 6.50. The Kier molecular flexibility index (Phi) is 4.34. The molecule has 126 valence electrons. The van der Waals surface area contributed by atoms with E-state index in [-0.39, 0.29) is 5.56 Å². The highest BCUT2D eigenvalue weighted by molar-refractivity contribution is 5.97. The summed E-state index contributed by atoms with van der Waals surface area (Å²) < 4.78 is 57.0. The molecule has 5 nitrogen and oxygen atoms in total. The maximum absolute atomic E-state index is 13.6. The van der Waals surface area contributed by atoms with Crippen molar-refractivity contribution in [1.82, 2.24) is 4.90 Å². The second kappa shape index (κ2) is 5.80. The Morgan fingerprint density at radius 3 is 2.43 bits per heavy atom. The molecule has 1 N–H and O–H groups in total. The van der Waals surface area contributed by atoms with Crippen LogP contribution in [0.5, 0.6) is 0 Å². The van der Waals surface area contributed by atoms with E-state index in [0.717, 1.165) is 24.1 Å². The SMILES string of the molecule is COC(=O)c1ccc(C(=O)N2CC(F)(CO)C2)cc1C(F)(F)F. The fourth-order valence-corrected chi connectivity index (χ4v) is 2.26. The fourth-order valence-electron chi connectivity index (χ4n) is 2.26. The Morgan fingerprint density at radius 1 is 1.35 bits per heavy atom. The van der Waals surface area contributed by atoms with E-state index in [9.17, 15) is 27.2 Å². The highest BCUT2D eigenvalue weighted by Crippen LogP contribution is 2.34. The van der Waals surface area contributed by atoms with Crippen LogP contribution in [-0.4, -0.2) is 54.4 Å². The number of ether oxygens (including phenoxy) is 1. The van der Waals surface area contributed by atoms with Gasteiger partial charge in [-0.3, -0.25) is 4.79 Å². The van der Waals surface area contributed by atoms with Gasteiger partial charge in [-0.15, -0.1) is 0 Å². The summed E-state index contributed by atoms with van der Waals surface area (Å²) in [5, 5.41) is 8.78. The van der Waals surface area contributed by atoms with Gasteiger partial charge in [-0.25, -0.2) is 9.18 Å². The molecule has 0 unspecified atom stereocenters. The molecule has 1 amide bonds. The number of carbonyl (C=O) groups is 2. The van der Waals surface area contributed by atoms with Crippen molar-refractivity contribution >= 4 is 11.9 Å². The van der Waals surface area contributed by atoms with Gasteiger partial charge >= 0.3 is 12.1 Å². The Morgan fingerprint density at radius 2 is 1.96 bits per heavy atom. The van der Waals surface area contributed by atoms with Crippen molar-refractivity contribution in [2.75, 3.05) is 26.8 Å². The van der Waals surface area contributed by atoms with Crippen molar-refractivity contribution in [3.05, 3.63) is 34.9 Å². The van der Waals surface area contributed by atoms with E-state index in [0.29, 0.717) is 6.07 Å². The zero-order valence-electron chi connectivity index (χ0n) is 12.0. The van der Waals surface area contributed by atoms with E-state index in [2.05, 4.69) is 4.74 Å². The number of esters is 1. The highest BCUT2D eigenvalue weighted by Gasteiger charge is 2.46. The smallest absolute Gasteiger partial charge is 0.417 e. The normalized spacial score (nSPS) is 16.7. The van der Waals surface area contributed by atoms with E-state index < -0.39 is 54.5 Å².